The Morgan fingerprint density at radius 1 is 1.26 bits per heavy atom. The fraction of sp³-hybridized carbons (Fsp3) is 0.150. The van der Waals surface area contributed by atoms with Gasteiger partial charge in [0.2, 0.25) is 5.91 Å². The molecule has 1 amide bonds. The number of nitrogens with zero attached hydrogens (tertiary/aromatic N) is 3. The molecule has 0 unspecified atom stereocenters. The highest BCUT2D eigenvalue weighted by molar-refractivity contribution is 6.06. The summed E-state index contributed by atoms with van der Waals surface area (Å²) in [5, 5.41) is 14.8. The molecule has 4 rings (SSSR count). The number of rotatable bonds is 4. The average Bonchev–Trinajstić information content (AvgIpc) is 3.33. The Morgan fingerprint density at radius 2 is 2.11 bits per heavy atom. The van der Waals surface area contributed by atoms with Crippen LogP contribution >= 0.6 is 0 Å². The quantitative estimate of drug-likeness (QED) is 0.539. The molecule has 7 nitrogen and oxygen atoms in total. The highest BCUT2D eigenvalue weighted by Crippen LogP contribution is 2.23. The summed E-state index contributed by atoms with van der Waals surface area (Å²) in [6, 6.07) is 9.55. The number of aryl methyl sites for hydroxylation is 2. The van der Waals surface area contributed by atoms with Crippen molar-refractivity contribution in [3.8, 4) is 5.82 Å². The molecule has 27 heavy (non-hydrogen) atoms. The number of hydrogen-bond donors (Lipinski definition) is 2. The van der Waals surface area contributed by atoms with Gasteiger partial charge < -0.3 is 9.84 Å². The number of benzene rings is 1. The Bertz CT molecular complexity index is 1160. The zero-order valence-electron chi connectivity index (χ0n) is 15.3. The van der Waals surface area contributed by atoms with Crippen molar-refractivity contribution >= 4 is 28.6 Å². The lowest BCUT2D eigenvalue weighted by Gasteiger charge is -2.04. The molecule has 7 heteroatoms. The molecular formula is C20H19N5O2. The fourth-order valence-electron chi connectivity index (χ4n) is 3.18. The van der Waals surface area contributed by atoms with Gasteiger partial charge in [0.05, 0.1) is 17.4 Å². The standard InChI is InChI=1S/C20H19N5O2/c1-12-9-15(14(3)25(12)18-10-13(2)27-24-18)7-8-19(26)22-17-6-4-5-16-11-21-23-20(16)17/h4-11H,1-3H3,(H,21,23)(H,22,26)/b8-7+. The summed E-state index contributed by atoms with van der Waals surface area (Å²) >= 11 is 0. The molecule has 1 aromatic carbocycles. The van der Waals surface area contributed by atoms with Crippen LogP contribution in [-0.4, -0.2) is 25.8 Å². The molecule has 136 valence electrons. The van der Waals surface area contributed by atoms with E-state index >= 15 is 0 Å². The molecule has 0 atom stereocenters. The van der Waals surface area contributed by atoms with Crippen molar-refractivity contribution in [2.45, 2.75) is 20.8 Å². The van der Waals surface area contributed by atoms with Gasteiger partial charge in [-0.3, -0.25) is 14.5 Å². The van der Waals surface area contributed by atoms with Crippen LogP contribution in [0.5, 0.6) is 0 Å². The van der Waals surface area contributed by atoms with Crippen molar-refractivity contribution < 1.29 is 9.32 Å². The van der Waals surface area contributed by atoms with Crippen LogP contribution in [0.4, 0.5) is 5.69 Å². The SMILES string of the molecule is Cc1cc(-n2c(C)cc(/C=C/C(=O)Nc3cccc4cn[nH]c34)c2C)no1. The number of H-pyrrole nitrogens is 1. The van der Waals surface area contributed by atoms with Gasteiger partial charge in [0.15, 0.2) is 5.82 Å². The van der Waals surface area contributed by atoms with Crippen LogP contribution in [0, 0.1) is 20.8 Å². The van der Waals surface area contributed by atoms with E-state index in [4.69, 9.17) is 4.52 Å². The van der Waals surface area contributed by atoms with Gasteiger partial charge in [-0.15, -0.1) is 0 Å². The lowest BCUT2D eigenvalue weighted by Crippen LogP contribution is -2.08. The van der Waals surface area contributed by atoms with Crippen LogP contribution in [-0.2, 0) is 4.79 Å². The van der Waals surface area contributed by atoms with Crippen molar-refractivity contribution in [2.24, 2.45) is 0 Å². The molecule has 4 aromatic rings. The summed E-state index contributed by atoms with van der Waals surface area (Å²) in [4.78, 5) is 12.4. The number of para-hydroxylation sites is 1. The van der Waals surface area contributed by atoms with E-state index in [1.54, 1.807) is 12.3 Å². The second kappa shape index (κ2) is 6.60. The third-order valence-electron chi connectivity index (χ3n) is 4.46. The lowest BCUT2D eigenvalue weighted by atomic mass is 10.2. The predicted octanol–water partition coefficient (Wildman–Crippen LogP) is 3.92. The van der Waals surface area contributed by atoms with E-state index in [1.807, 2.05) is 55.7 Å². The predicted molar refractivity (Wildman–Crippen MR) is 104 cm³/mol. The molecule has 2 N–H and O–H groups in total. The van der Waals surface area contributed by atoms with Crippen LogP contribution in [0.3, 0.4) is 0 Å². The number of fused-ring (bicyclic) bond motifs is 1. The summed E-state index contributed by atoms with van der Waals surface area (Å²) in [5.74, 6) is 1.28. The van der Waals surface area contributed by atoms with E-state index < -0.39 is 0 Å². The summed E-state index contributed by atoms with van der Waals surface area (Å²) in [7, 11) is 0. The number of amides is 1. The minimum Gasteiger partial charge on any atom is -0.360 e. The Kier molecular flexibility index (Phi) is 4.12. The van der Waals surface area contributed by atoms with E-state index in [0.29, 0.717) is 5.69 Å². The Balaban J connectivity index is 1.56. The molecule has 0 radical (unpaired) electrons. The first-order chi connectivity index (χ1) is 13.0. The third kappa shape index (κ3) is 3.15. The molecule has 0 spiro atoms. The second-order valence-corrected chi connectivity index (χ2v) is 6.42. The third-order valence-corrected chi connectivity index (χ3v) is 4.46. The van der Waals surface area contributed by atoms with Crippen molar-refractivity contribution in [1.82, 2.24) is 19.9 Å². The van der Waals surface area contributed by atoms with Crippen molar-refractivity contribution in [3.63, 3.8) is 0 Å². The van der Waals surface area contributed by atoms with Gasteiger partial charge in [0, 0.05) is 28.9 Å². The van der Waals surface area contributed by atoms with E-state index in [-0.39, 0.29) is 5.91 Å². The molecule has 0 bridgehead atoms. The first-order valence-electron chi connectivity index (χ1n) is 8.57. The van der Waals surface area contributed by atoms with E-state index in [2.05, 4.69) is 20.7 Å². The van der Waals surface area contributed by atoms with Gasteiger partial charge in [0.25, 0.3) is 0 Å². The van der Waals surface area contributed by atoms with Crippen LogP contribution in [0.25, 0.3) is 22.8 Å². The monoisotopic (exact) mass is 361 g/mol. The normalized spacial score (nSPS) is 11.5. The molecule has 0 fully saturated rings. The number of hydrogen-bond acceptors (Lipinski definition) is 4. The maximum Gasteiger partial charge on any atom is 0.248 e. The Labute approximate surface area is 155 Å². The number of carbonyl (C=O) groups excluding carboxylic acids is 1. The molecule has 3 heterocycles. The van der Waals surface area contributed by atoms with E-state index in [9.17, 15) is 4.79 Å². The van der Waals surface area contributed by atoms with Gasteiger partial charge in [-0.05, 0) is 44.5 Å². The number of carbonyl (C=O) groups is 1. The van der Waals surface area contributed by atoms with Crippen LogP contribution < -0.4 is 5.32 Å². The smallest absolute Gasteiger partial charge is 0.248 e. The van der Waals surface area contributed by atoms with Crippen molar-refractivity contribution in [3.05, 3.63) is 65.3 Å². The first kappa shape index (κ1) is 16.8. The Hall–Kier alpha value is -3.61. The number of nitrogens with one attached hydrogen (secondary N) is 2. The number of anilines is 1. The Morgan fingerprint density at radius 3 is 2.89 bits per heavy atom. The maximum absolute atomic E-state index is 12.4. The molecular weight excluding hydrogens is 342 g/mol. The molecule has 0 saturated carbocycles. The minimum absolute atomic E-state index is 0.209. The molecule has 3 aromatic heterocycles. The van der Waals surface area contributed by atoms with E-state index in [0.717, 1.165) is 39.4 Å². The molecule has 0 aliphatic carbocycles. The average molecular weight is 361 g/mol. The lowest BCUT2D eigenvalue weighted by molar-refractivity contribution is -0.111. The second-order valence-electron chi connectivity index (χ2n) is 6.42. The number of aromatic amines is 1. The zero-order chi connectivity index (χ0) is 19.0. The van der Waals surface area contributed by atoms with Crippen molar-refractivity contribution in [1.29, 1.82) is 0 Å². The topological polar surface area (TPSA) is 88.7 Å². The summed E-state index contributed by atoms with van der Waals surface area (Å²) in [5.41, 5.74) is 4.45. The summed E-state index contributed by atoms with van der Waals surface area (Å²) in [6.07, 6.45) is 5.05. The first-order valence-corrected chi connectivity index (χ1v) is 8.57. The molecule has 0 aliphatic heterocycles. The van der Waals surface area contributed by atoms with E-state index in [1.165, 1.54) is 6.08 Å². The molecule has 0 aliphatic rings. The van der Waals surface area contributed by atoms with Gasteiger partial charge in [-0.2, -0.15) is 5.10 Å². The maximum atomic E-state index is 12.4. The highest BCUT2D eigenvalue weighted by atomic mass is 16.5. The highest BCUT2D eigenvalue weighted by Gasteiger charge is 2.12. The summed E-state index contributed by atoms with van der Waals surface area (Å²) < 4.78 is 7.17. The van der Waals surface area contributed by atoms with Crippen molar-refractivity contribution in [2.75, 3.05) is 5.32 Å². The fourth-order valence-corrected chi connectivity index (χ4v) is 3.18. The number of aromatic nitrogens is 4. The zero-order valence-corrected chi connectivity index (χ0v) is 15.3. The largest absolute Gasteiger partial charge is 0.360 e. The van der Waals surface area contributed by atoms with Gasteiger partial charge in [0.1, 0.15) is 5.76 Å². The summed E-state index contributed by atoms with van der Waals surface area (Å²) in [6.45, 7) is 5.84. The van der Waals surface area contributed by atoms with Gasteiger partial charge in [-0.1, -0.05) is 17.3 Å². The van der Waals surface area contributed by atoms with Gasteiger partial charge in [-0.25, -0.2) is 0 Å². The van der Waals surface area contributed by atoms with Gasteiger partial charge >= 0.3 is 0 Å². The molecule has 0 saturated heterocycles. The minimum atomic E-state index is -0.209. The van der Waals surface area contributed by atoms with Crippen LogP contribution in [0.15, 0.2) is 47.1 Å². The van der Waals surface area contributed by atoms with Crippen LogP contribution in [0.1, 0.15) is 22.7 Å². The van der Waals surface area contributed by atoms with Crippen LogP contribution in [0.2, 0.25) is 0 Å².